The van der Waals surface area contributed by atoms with E-state index in [1.807, 2.05) is 0 Å². The van der Waals surface area contributed by atoms with E-state index in [0.29, 0.717) is 6.54 Å². The standard InChI is InChI=1S/C12H19NO/c1-8-7-11(5-6-13)9(2)10(3)12(8)14-4/h7H,5-6,13H2,1-4H3. The van der Waals surface area contributed by atoms with Crippen LogP contribution in [0.25, 0.3) is 0 Å². The summed E-state index contributed by atoms with van der Waals surface area (Å²) in [5.41, 5.74) is 10.6. The molecule has 0 aromatic heterocycles. The Labute approximate surface area is 86.1 Å². The third kappa shape index (κ3) is 1.90. The molecule has 0 heterocycles. The van der Waals surface area contributed by atoms with Gasteiger partial charge in [-0.15, -0.1) is 0 Å². The van der Waals surface area contributed by atoms with Crippen LogP contribution in [0.3, 0.4) is 0 Å². The Hall–Kier alpha value is -1.02. The van der Waals surface area contributed by atoms with Crippen LogP contribution in [0.1, 0.15) is 22.3 Å². The average Bonchev–Trinajstić information content (AvgIpc) is 2.15. The zero-order chi connectivity index (χ0) is 10.7. The fourth-order valence-electron chi connectivity index (χ4n) is 1.87. The first-order valence-corrected chi connectivity index (χ1v) is 4.95. The molecule has 0 fully saturated rings. The van der Waals surface area contributed by atoms with Crippen molar-refractivity contribution in [3.8, 4) is 5.75 Å². The molecule has 1 aromatic rings. The van der Waals surface area contributed by atoms with Crippen LogP contribution in [-0.2, 0) is 6.42 Å². The van der Waals surface area contributed by atoms with Gasteiger partial charge in [-0.25, -0.2) is 0 Å². The predicted molar refractivity (Wildman–Crippen MR) is 60.0 cm³/mol. The number of nitrogens with two attached hydrogens (primary N) is 1. The molecule has 0 spiro atoms. The summed E-state index contributed by atoms with van der Waals surface area (Å²) in [6.07, 6.45) is 0.942. The molecule has 1 aromatic carbocycles. The van der Waals surface area contributed by atoms with E-state index in [2.05, 4.69) is 26.8 Å². The summed E-state index contributed by atoms with van der Waals surface area (Å²) in [5, 5.41) is 0. The number of ether oxygens (including phenoxy) is 1. The largest absolute Gasteiger partial charge is 0.496 e. The number of aryl methyl sites for hydroxylation is 1. The molecule has 0 aliphatic heterocycles. The second kappa shape index (κ2) is 4.47. The summed E-state index contributed by atoms with van der Waals surface area (Å²) in [7, 11) is 1.72. The molecule has 2 heteroatoms. The third-order valence-corrected chi connectivity index (χ3v) is 2.75. The highest BCUT2D eigenvalue weighted by Gasteiger charge is 2.09. The van der Waals surface area contributed by atoms with Crippen molar-refractivity contribution in [3.63, 3.8) is 0 Å². The van der Waals surface area contributed by atoms with Crippen LogP contribution in [0.15, 0.2) is 6.07 Å². The molecule has 0 saturated carbocycles. The molecule has 0 amide bonds. The molecule has 2 nitrogen and oxygen atoms in total. The number of rotatable bonds is 3. The summed E-state index contributed by atoms with van der Waals surface area (Å²) < 4.78 is 5.36. The quantitative estimate of drug-likeness (QED) is 0.798. The monoisotopic (exact) mass is 193 g/mol. The van der Waals surface area contributed by atoms with Gasteiger partial charge in [0.1, 0.15) is 5.75 Å². The first kappa shape index (κ1) is 11.1. The molecule has 0 atom stereocenters. The molecule has 0 aliphatic rings. The van der Waals surface area contributed by atoms with Gasteiger partial charge in [0, 0.05) is 0 Å². The minimum Gasteiger partial charge on any atom is -0.496 e. The molecular formula is C12H19NO. The number of hydrogen-bond donors (Lipinski definition) is 1. The maximum Gasteiger partial charge on any atom is 0.124 e. The lowest BCUT2D eigenvalue weighted by molar-refractivity contribution is 0.408. The van der Waals surface area contributed by atoms with Crippen LogP contribution >= 0.6 is 0 Å². The van der Waals surface area contributed by atoms with Crippen LogP contribution < -0.4 is 10.5 Å². The van der Waals surface area contributed by atoms with Crippen molar-refractivity contribution in [1.82, 2.24) is 0 Å². The summed E-state index contributed by atoms with van der Waals surface area (Å²) in [6.45, 7) is 7.00. The van der Waals surface area contributed by atoms with Gasteiger partial charge in [0.15, 0.2) is 0 Å². The van der Waals surface area contributed by atoms with Gasteiger partial charge >= 0.3 is 0 Å². The minimum atomic E-state index is 0.700. The average molecular weight is 193 g/mol. The molecule has 14 heavy (non-hydrogen) atoms. The van der Waals surface area contributed by atoms with Gasteiger partial charge in [0.05, 0.1) is 7.11 Å². The van der Waals surface area contributed by atoms with Gasteiger partial charge < -0.3 is 10.5 Å². The fraction of sp³-hybridized carbons (Fsp3) is 0.500. The molecule has 0 unspecified atom stereocenters. The first-order valence-electron chi connectivity index (χ1n) is 4.95. The normalized spacial score (nSPS) is 10.4. The second-order valence-corrected chi connectivity index (χ2v) is 3.67. The van der Waals surface area contributed by atoms with Crippen molar-refractivity contribution in [2.45, 2.75) is 27.2 Å². The smallest absolute Gasteiger partial charge is 0.124 e. The van der Waals surface area contributed by atoms with E-state index in [-0.39, 0.29) is 0 Å². The van der Waals surface area contributed by atoms with E-state index in [1.165, 1.54) is 22.3 Å². The highest BCUT2D eigenvalue weighted by atomic mass is 16.5. The topological polar surface area (TPSA) is 35.2 Å². The highest BCUT2D eigenvalue weighted by molar-refractivity contribution is 5.49. The summed E-state index contributed by atoms with van der Waals surface area (Å²) >= 11 is 0. The highest BCUT2D eigenvalue weighted by Crippen LogP contribution is 2.28. The third-order valence-electron chi connectivity index (χ3n) is 2.75. The first-order chi connectivity index (χ1) is 6.61. The Morgan fingerprint density at radius 2 is 1.86 bits per heavy atom. The summed E-state index contributed by atoms with van der Waals surface area (Å²) in [6, 6.07) is 2.17. The zero-order valence-corrected chi connectivity index (χ0v) is 9.48. The Morgan fingerprint density at radius 3 is 2.36 bits per heavy atom. The van der Waals surface area contributed by atoms with E-state index in [4.69, 9.17) is 10.5 Å². The van der Waals surface area contributed by atoms with Crippen LogP contribution in [0, 0.1) is 20.8 Å². The molecule has 0 saturated heterocycles. The van der Waals surface area contributed by atoms with E-state index in [0.717, 1.165) is 12.2 Å². The zero-order valence-electron chi connectivity index (χ0n) is 9.48. The lowest BCUT2D eigenvalue weighted by Crippen LogP contribution is -2.06. The van der Waals surface area contributed by atoms with Crippen molar-refractivity contribution >= 4 is 0 Å². The predicted octanol–water partition coefficient (Wildman–Crippen LogP) is 2.12. The fourth-order valence-corrected chi connectivity index (χ4v) is 1.87. The van der Waals surface area contributed by atoms with E-state index in [1.54, 1.807) is 7.11 Å². The Morgan fingerprint density at radius 1 is 1.21 bits per heavy atom. The van der Waals surface area contributed by atoms with Crippen LogP contribution in [0.2, 0.25) is 0 Å². The van der Waals surface area contributed by atoms with Gasteiger partial charge in [-0.3, -0.25) is 0 Å². The lowest BCUT2D eigenvalue weighted by atomic mass is 9.97. The molecule has 1 rings (SSSR count). The van der Waals surface area contributed by atoms with Crippen molar-refractivity contribution in [3.05, 3.63) is 28.3 Å². The number of hydrogen-bond acceptors (Lipinski definition) is 2. The summed E-state index contributed by atoms with van der Waals surface area (Å²) in [4.78, 5) is 0. The molecular weight excluding hydrogens is 174 g/mol. The summed E-state index contributed by atoms with van der Waals surface area (Å²) in [5.74, 6) is 1.00. The van der Waals surface area contributed by atoms with Crippen LogP contribution in [0.5, 0.6) is 5.75 Å². The molecule has 0 radical (unpaired) electrons. The van der Waals surface area contributed by atoms with Gasteiger partial charge in [0.2, 0.25) is 0 Å². The van der Waals surface area contributed by atoms with Crippen LogP contribution in [0.4, 0.5) is 0 Å². The van der Waals surface area contributed by atoms with E-state index < -0.39 is 0 Å². The molecule has 78 valence electrons. The maximum atomic E-state index is 5.57. The van der Waals surface area contributed by atoms with Gasteiger partial charge in [0.25, 0.3) is 0 Å². The van der Waals surface area contributed by atoms with E-state index in [9.17, 15) is 0 Å². The SMILES string of the molecule is COc1c(C)cc(CCN)c(C)c1C. The van der Waals surface area contributed by atoms with Crippen molar-refractivity contribution in [2.24, 2.45) is 5.73 Å². The van der Waals surface area contributed by atoms with Crippen molar-refractivity contribution in [2.75, 3.05) is 13.7 Å². The molecule has 2 N–H and O–H groups in total. The van der Waals surface area contributed by atoms with Crippen LogP contribution in [-0.4, -0.2) is 13.7 Å². The molecule has 0 bridgehead atoms. The number of benzene rings is 1. The van der Waals surface area contributed by atoms with Gasteiger partial charge in [-0.2, -0.15) is 0 Å². The van der Waals surface area contributed by atoms with Crippen molar-refractivity contribution in [1.29, 1.82) is 0 Å². The maximum absolute atomic E-state index is 5.57. The Balaban J connectivity index is 3.25. The Bertz CT molecular complexity index is 332. The molecule has 0 aliphatic carbocycles. The van der Waals surface area contributed by atoms with Gasteiger partial charge in [-0.05, 0) is 56.0 Å². The van der Waals surface area contributed by atoms with Gasteiger partial charge in [-0.1, -0.05) is 6.07 Å². The lowest BCUT2D eigenvalue weighted by Gasteiger charge is -2.15. The van der Waals surface area contributed by atoms with E-state index >= 15 is 0 Å². The van der Waals surface area contributed by atoms with Crippen molar-refractivity contribution < 1.29 is 4.74 Å². The Kier molecular flexibility index (Phi) is 3.53. The number of methoxy groups -OCH3 is 1. The minimum absolute atomic E-state index is 0.700. The second-order valence-electron chi connectivity index (χ2n) is 3.67.